The molecule has 0 heterocycles. The topological polar surface area (TPSA) is 41.6 Å². The Hall–Kier alpha value is -1.29. The highest BCUT2D eigenvalue weighted by Gasteiger charge is 2.59. The van der Waals surface area contributed by atoms with Gasteiger partial charge in [0.1, 0.15) is 6.10 Å². The molecule has 0 aromatic carbocycles. The number of allylic oxidation sites excluding steroid dienone is 3. The molecule has 0 aromatic rings. The number of alkyl carbamates (subject to hydrolysis) is 1. The summed E-state index contributed by atoms with van der Waals surface area (Å²) in [6.07, 6.45) is 18.7. The van der Waals surface area contributed by atoms with Crippen molar-refractivity contribution in [2.75, 3.05) is 27.2 Å². The largest absolute Gasteiger partial charge is 0.446 e. The summed E-state index contributed by atoms with van der Waals surface area (Å²) in [7, 11) is 4.04. The highest BCUT2D eigenvalue weighted by molar-refractivity contribution is 5.67. The molecule has 3 saturated carbocycles. The van der Waals surface area contributed by atoms with Gasteiger partial charge < -0.3 is 15.0 Å². The van der Waals surface area contributed by atoms with Gasteiger partial charge >= 0.3 is 6.09 Å². The van der Waals surface area contributed by atoms with E-state index < -0.39 is 0 Å². The van der Waals surface area contributed by atoms with Gasteiger partial charge in [0, 0.05) is 20.9 Å². The maximum atomic E-state index is 12.4. The Labute approximate surface area is 235 Å². The van der Waals surface area contributed by atoms with Gasteiger partial charge in [-0.3, -0.25) is 0 Å². The van der Waals surface area contributed by atoms with E-state index >= 15 is 0 Å². The smallest absolute Gasteiger partial charge is 0.407 e. The van der Waals surface area contributed by atoms with Crippen molar-refractivity contribution in [3.63, 3.8) is 0 Å². The van der Waals surface area contributed by atoms with E-state index in [0.717, 1.165) is 55.4 Å². The number of nitrogens with zero attached hydrogens (tertiary/aromatic N) is 1. The second-order valence-corrected chi connectivity index (χ2v) is 14.5. The Kier molecular flexibility index (Phi) is 9.43. The van der Waals surface area contributed by atoms with Crippen molar-refractivity contribution in [1.82, 2.24) is 10.2 Å². The maximum absolute atomic E-state index is 12.4. The first-order valence-electron chi connectivity index (χ1n) is 16.0. The monoisotopic (exact) mass is 528 g/mol. The molecule has 4 aliphatic rings. The summed E-state index contributed by atoms with van der Waals surface area (Å²) in [5.41, 5.74) is 2.36. The molecule has 4 aliphatic carbocycles. The lowest BCUT2D eigenvalue weighted by atomic mass is 9.47. The van der Waals surface area contributed by atoms with E-state index in [9.17, 15) is 4.79 Å². The van der Waals surface area contributed by atoms with Gasteiger partial charge in [-0.25, -0.2) is 4.79 Å². The summed E-state index contributed by atoms with van der Waals surface area (Å²) >= 11 is 0. The number of likely N-dealkylation sites (N-methyl/N-ethyl adjacent to an activating group) is 1. The lowest BCUT2D eigenvalue weighted by Gasteiger charge is -2.58. The van der Waals surface area contributed by atoms with E-state index in [0.29, 0.717) is 29.2 Å². The molecule has 0 saturated heterocycles. The number of ether oxygens (including phenoxy) is 1. The summed E-state index contributed by atoms with van der Waals surface area (Å²) in [6.45, 7) is 16.3. The molecule has 1 amide bonds. The number of fused-ring (bicyclic) bond motifs is 5. The van der Waals surface area contributed by atoms with Gasteiger partial charge in [-0.1, -0.05) is 65.3 Å². The first-order valence-corrected chi connectivity index (χ1v) is 16.0. The van der Waals surface area contributed by atoms with Gasteiger partial charge in [0.15, 0.2) is 0 Å². The Morgan fingerprint density at radius 2 is 1.89 bits per heavy atom. The molecule has 0 radical (unpaired) electrons. The summed E-state index contributed by atoms with van der Waals surface area (Å²) in [5.74, 6) is 5.43. The molecular formula is C34H60N2O2. The van der Waals surface area contributed by atoms with Crippen molar-refractivity contribution in [2.24, 2.45) is 52.3 Å². The van der Waals surface area contributed by atoms with Crippen molar-refractivity contribution in [1.29, 1.82) is 0 Å². The van der Waals surface area contributed by atoms with Crippen LogP contribution in [0.5, 0.6) is 0 Å². The van der Waals surface area contributed by atoms with Gasteiger partial charge in [0.05, 0.1) is 0 Å². The zero-order chi connectivity index (χ0) is 27.7. The molecule has 2 unspecified atom stereocenters. The van der Waals surface area contributed by atoms with Crippen molar-refractivity contribution < 1.29 is 11.0 Å². The van der Waals surface area contributed by atoms with Crippen molar-refractivity contribution in [2.45, 2.75) is 105 Å². The predicted octanol–water partition coefficient (Wildman–Crippen LogP) is 8.34. The summed E-state index contributed by atoms with van der Waals surface area (Å²) in [4.78, 5) is 14.4. The van der Waals surface area contributed by atoms with Crippen LogP contribution in [0, 0.1) is 52.3 Å². The van der Waals surface area contributed by atoms with Crippen LogP contribution in [-0.4, -0.2) is 44.3 Å². The fourth-order valence-corrected chi connectivity index (χ4v) is 9.49. The molecule has 4 rings (SSSR count). The summed E-state index contributed by atoms with van der Waals surface area (Å²) in [6, 6.07) is 0. The van der Waals surface area contributed by atoms with E-state index in [2.05, 4.69) is 70.0 Å². The van der Waals surface area contributed by atoms with Crippen molar-refractivity contribution in [3.05, 3.63) is 23.8 Å². The minimum absolute atomic E-state index is 0. The molecule has 0 spiro atoms. The van der Waals surface area contributed by atoms with E-state index in [4.69, 9.17) is 4.74 Å². The van der Waals surface area contributed by atoms with E-state index in [1.165, 1.54) is 38.5 Å². The SMILES string of the molecule is CC[C@H](/C=C/[C@@H](C)[C@H]1CC[C@H]2C3CC=C4C[C@@H](OC(=O)NCCN(C)C)CCC4(C)[C@H]3CC[C@]12C)C(C)C.[HH]. The van der Waals surface area contributed by atoms with Crippen LogP contribution in [0.25, 0.3) is 0 Å². The van der Waals surface area contributed by atoms with Crippen LogP contribution in [0.4, 0.5) is 4.79 Å². The third-order valence-electron chi connectivity index (χ3n) is 11.9. The maximum Gasteiger partial charge on any atom is 0.407 e. The molecule has 4 heteroatoms. The highest BCUT2D eigenvalue weighted by Crippen LogP contribution is 2.67. The molecule has 0 aliphatic heterocycles. The first-order chi connectivity index (χ1) is 18.0. The average Bonchev–Trinajstić information content (AvgIpc) is 3.21. The second kappa shape index (κ2) is 12.1. The van der Waals surface area contributed by atoms with Gasteiger partial charge in [-0.15, -0.1) is 0 Å². The molecule has 1 N–H and O–H groups in total. The van der Waals surface area contributed by atoms with E-state index in [-0.39, 0.29) is 13.6 Å². The normalized spacial score (nSPS) is 38.4. The Balaban J connectivity index is 0.00000420. The Morgan fingerprint density at radius 3 is 2.58 bits per heavy atom. The summed E-state index contributed by atoms with van der Waals surface area (Å²) in [5, 5.41) is 2.93. The lowest BCUT2D eigenvalue weighted by Crippen LogP contribution is -2.51. The van der Waals surface area contributed by atoms with Gasteiger partial charge in [-0.05, 0) is 118 Å². The number of hydrogen-bond acceptors (Lipinski definition) is 3. The molecule has 9 atom stereocenters. The number of amides is 1. The van der Waals surface area contributed by atoms with Crippen LogP contribution in [-0.2, 0) is 4.74 Å². The lowest BCUT2D eigenvalue weighted by molar-refractivity contribution is -0.0550. The molecule has 0 aromatic heterocycles. The minimum Gasteiger partial charge on any atom is -0.446 e. The van der Waals surface area contributed by atoms with Crippen LogP contribution in [0.15, 0.2) is 23.8 Å². The Bertz CT molecular complexity index is 884. The van der Waals surface area contributed by atoms with E-state index in [1.54, 1.807) is 5.57 Å². The number of rotatable bonds is 9. The standard InChI is InChI=1S/C34H58N2O2.H2/c1-9-25(23(2)3)11-10-24(4)29-14-15-30-28-13-12-26-22-27(38-32(37)35-20-21-36(7)8)16-18-33(26,5)31(28)17-19-34(29,30)6;/h10-12,23-25,27-31H,9,13-22H2,1-8H3,(H,35,37);1H/b11-10+;/t24-,25-,27+,28?,29-,30+,31+,33?,34-;/m1./s1. The molecule has 3 fully saturated rings. The fraction of sp³-hybridized carbons (Fsp3) is 0.853. The number of carbonyl (C=O) groups excluding carboxylic acids is 1. The van der Waals surface area contributed by atoms with Crippen LogP contribution in [0.2, 0.25) is 0 Å². The first kappa shape index (κ1) is 29.7. The average molecular weight is 529 g/mol. The number of hydrogen-bond donors (Lipinski definition) is 1. The predicted molar refractivity (Wildman–Crippen MR) is 161 cm³/mol. The molecular weight excluding hydrogens is 468 g/mol. The molecule has 38 heavy (non-hydrogen) atoms. The quantitative estimate of drug-likeness (QED) is 0.306. The van der Waals surface area contributed by atoms with Gasteiger partial charge in [0.25, 0.3) is 0 Å². The fourth-order valence-electron chi connectivity index (χ4n) is 9.49. The van der Waals surface area contributed by atoms with E-state index in [1.807, 2.05) is 14.1 Å². The molecule has 0 bridgehead atoms. The van der Waals surface area contributed by atoms with Gasteiger partial charge in [-0.2, -0.15) is 0 Å². The van der Waals surface area contributed by atoms with Crippen molar-refractivity contribution in [3.8, 4) is 0 Å². The number of nitrogens with one attached hydrogen (secondary N) is 1. The van der Waals surface area contributed by atoms with Gasteiger partial charge in [0.2, 0.25) is 0 Å². The zero-order valence-corrected chi connectivity index (χ0v) is 25.9. The molecule has 218 valence electrons. The third kappa shape index (κ3) is 5.91. The van der Waals surface area contributed by atoms with Crippen molar-refractivity contribution >= 4 is 6.09 Å². The van der Waals surface area contributed by atoms with Crippen LogP contribution in [0.3, 0.4) is 0 Å². The zero-order valence-electron chi connectivity index (χ0n) is 25.9. The summed E-state index contributed by atoms with van der Waals surface area (Å²) < 4.78 is 5.88. The Morgan fingerprint density at radius 1 is 1.13 bits per heavy atom. The van der Waals surface area contributed by atoms with Crippen LogP contribution in [0.1, 0.15) is 101 Å². The van der Waals surface area contributed by atoms with Crippen LogP contribution >= 0.6 is 0 Å². The second-order valence-electron chi connectivity index (χ2n) is 14.5. The highest BCUT2D eigenvalue weighted by atomic mass is 16.6. The van der Waals surface area contributed by atoms with Crippen LogP contribution < -0.4 is 5.32 Å². The third-order valence-corrected chi connectivity index (χ3v) is 11.9. The minimum atomic E-state index is -0.248. The number of carbonyl (C=O) groups is 1. The molecule has 4 nitrogen and oxygen atoms in total.